The van der Waals surface area contributed by atoms with E-state index < -0.39 is 5.97 Å². The van der Waals surface area contributed by atoms with Gasteiger partial charge >= 0.3 is 5.97 Å². The third-order valence-corrected chi connectivity index (χ3v) is 4.67. The number of carboxylic acid groups (broad SMARTS) is 1. The molecule has 1 saturated heterocycles. The van der Waals surface area contributed by atoms with E-state index in [4.69, 9.17) is 14.3 Å². The third-order valence-electron chi connectivity index (χ3n) is 4.67. The van der Waals surface area contributed by atoms with Crippen molar-refractivity contribution in [3.63, 3.8) is 0 Å². The van der Waals surface area contributed by atoms with Gasteiger partial charge in [0.15, 0.2) is 0 Å². The fraction of sp³-hybridized carbons (Fsp3) is 0.400. The standard InChI is InChI=1S/C20H23NO5/c1-14-12-26-17(11-18(22)23)19(14)20(24)21(16-8-10-25-13-16)9-7-15-5-3-2-4-6-15/h2-6,12,16H,7-11,13H2,1H3,(H,22,23). The zero-order valence-electron chi connectivity index (χ0n) is 14.8. The Morgan fingerprint density at radius 1 is 1.27 bits per heavy atom. The predicted molar refractivity (Wildman–Crippen MR) is 95.2 cm³/mol. The monoisotopic (exact) mass is 357 g/mol. The van der Waals surface area contributed by atoms with E-state index in [1.807, 2.05) is 35.2 Å². The van der Waals surface area contributed by atoms with Gasteiger partial charge in [0.25, 0.3) is 5.91 Å². The summed E-state index contributed by atoms with van der Waals surface area (Å²) < 4.78 is 10.8. The Morgan fingerprint density at radius 2 is 2.04 bits per heavy atom. The molecule has 26 heavy (non-hydrogen) atoms. The van der Waals surface area contributed by atoms with Gasteiger partial charge in [-0.05, 0) is 25.3 Å². The normalized spacial score (nSPS) is 16.6. The van der Waals surface area contributed by atoms with Gasteiger partial charge in [-0.1, -0.05) is 30.3 Å². The zero-order valence-corrected chi connectivity index (χ0v) is 14.8. The Morgan fingerprint density at radius 3 is 2.69 bits per heavy atom. The minimum atomic E-state index is -1.02. The summed E-state index contributed by atoms with van der Waals surface area (Å²) >= 11 is 0. The molecule has 1 aliphatic heterocycles. The number of carbonyl (C=O) groups excluding carboxylic acids is 1. The second-order valence-electron chi connectivity index (χ2n) is 6.54. The molecular weight excluding hydrogens is 334 g/mol. The lowest BCUT2D eigenvalue weighted by atomic mass is 10.1. The first-order valence-electron chi connectivity index (χ1n) is 8.77. The summed E-state index contributed by atoms with van der Waals surface area (Å²) in [4.78, 5) is 26.1. The van der Waals surface area contributed by atoms with Crippen molar-refractivity contribution in [3.8, 4) is 0 Å². The van der Waals surface area contributed by atoms with Crippen LogP contribution in [0.1, 0.15) is 33.7 Å². The van der Waals surface area contributed by atoms with Gasteiger partial charge in [0, 0.05) is 18.7 Å². The number of ether oxygens (including phenoxy) is 1. The number of hydrogen-bond donors (Lipinski definition) is 1. The van der Waals surface area contributed by atoms with E-state index in [2.05, 4.69) is 0 Å². The van der Waals surface area contributed by atoms with E-state index in [9.17, 15) is 9.59 Å². The van der Waals surface area contributed by atoms with Gasteiger partial charge in [0.05, 0.1) is 24.5 Å². The number of rotatable bonds is 7. The molecule has 138 valence electrons. The van der Waals surface area contributed by atoms with Crippen LogP contribution >= 0.6 is 0 Å². The van der Waals surface area contributed by atoms with Crippen molar-refractivity contribution in [2.75, 3.05) is 19.8 Å². The molecule has 6 heteroatoms. The smallest absolute Gasteiger partial charge is 0.311 e. The maximum absolute atomic E-state index is 13.3. The van der Waals surface area contributed by atoms with E-state index in [1.165, 1.54) is 6.26 Å². The molecule has 1 fully saturated rings. The number of carbonyl (C=O) groups is 2. The number of hydrogen-bond acceptors (Lipinski definition) is 4. The lowest BCUT2D eigenvalue weighted by molar-refractivity contribution is -0.136. The van der Waals surface area contributed by atoms with E-state index in [1.54, 1.807) is 6.92 Å². The maximum Gasteiger partial charge on any atom is 0.311 e. The van der Waals surface area contributed by atoms with E-state index in [0.717, 1.165) is 18.4 Å². The highest BCUT2D eigenvalue weighted by Crippen LogP contribution is 2.23. The SMILES string of the molecule is Cc1coc(CC(=O)O)c1C(=O)N(CCc1ccccc1)C1CCOC1. The van der Waals surface area contributed by atoms with Gasteiger partial charge in [-0.15, -0.1) is 0 Å². The number of nitrogens with zero attached hydrogens (tertiary/aromatic N) is 1. The molecular formula is C20H23NO5. The minimum Gasteiger partial charge on any atom is -0.481 e. The molecule has 0 aliphatic carbocycles. The molecule has 1 unspecified atom stereocenters. The second kappa shape index (κ2) is 8.19. The molecule has 1 aromatic carbocycles. The third kappa shape index (κ3) is 4.14. The van der Waals surface area contributed by atoms with Gasteiger partial charge in [-0.3, -0.25) is 9.59 Å². The molecule has 0 spiro atoms. The van der Waals surface area contributed by atoms with Crippen LogP contribution in [-0.4, -0.2) is 47.7 Å². The number of furan rings is 1. The van der Waals surface area contributed by atoms with E-state index in [0.29, 0.717) is 30.9 Å². The van der Waals surface area contributed by atoms with Gasteiger partial charge in [-0.2, -0.15) is 0 Å². The van der Waals surface area contributed by atoms with Crippen molar-refractivity contribution < 1.29 is 23.8 Å². The lowest BCUT2D eigenvalue weighted by Crippen LogP contribution is -2.42. The molecule has 3 rings (SSSR count). The van der Waals surface area contributed by atoms with Crippen LogP contribution < -0.4 is 0 Å². The van der Waals surface area contributed by atoms with Crippen LogP contribution in [0, 0.1) is 6.92 Å². The zero-order chi connectivity index (χ0) is 18.5. The van der Waals surface area contributed by atoms with Gasteiger partial charge in [0.2, 0.25) is 0 Å². The molecule has 1 atom stereocenters. The first-order valence-corrected chi connectivity index (χ1v) is 8.77. The summed E-state index contributed by atoms with van der Waals surface area (Å²) in [6, 6.07) is 9.98. The number of aryl methyl sites for hydroxylation is 1. The number of benzene rings is 1. The minimum absolute atomic E-state index is 0.00168. The molecule has 2 aromatic rings. The molecule has 1 amide bonds. The molecule has 1 N–H and O–H groups in total. The quantitative estimate of drug-likeness (QED) is 0.824. The highest BCUT2D eigenvalue weighted by atomic mass is 16.5. The van der Waals surface area contributed by atoms with Crippen molar-refractivity contribution >= 4 is 11.9 Å². The van der Waals surface area contributed by atoms with Crippen LogP contribution in [0.3, 0.4) is 0 Å². The lowest BCUT2D eigenvalue weighted by Gasteiger charge is -2.28. The molecule has 2 heterocycles. The fourth-order valence-electron chi connectivity index (χ4n) is 3.31. The number of amides is 1. The van der Waals surface area contributed by atoms with Crippen LogP contribution in [0.25, 0.3) is 0 Å². The fourth-order valence-corrected chi connectivity index (χ4v) is 3.31. The van der Waals surface area contributed by atoms with Crippen molar-refractivity contribution in [2.45, 2.75) is 32.2 Å². The molecule has 1 aromatic heterocycles. The first kappa shape index (κ1) is 18.2. The van der Waals surface area contributed by atoms with Crippen LogP contribution in [-0.2, 0) is 22.4 Å². The van der Waals surface area contributed by atoms with Crippen molar-refractivity contribution in [3.05, 3.63) is 59.0 Å². The second-order valence-corrected chi connectivity index (χ2v) is 6.54. The molecule has 0 bridgehead atoms. The van der Waals surface area contributed by atoms with Crippen LogP contribution in [0.4, 0.5) is 0 Å². The Kier molecular flexibility index (Phi) is 5.73. The van der Waals surface area contributed by atoms with Gasteiger partial charge < -0.3 is 19.2 Å². The Bertz CT molecular complexity index is 762. The maximum atomic E-state index is 13.3. The van der Waals surface area contributed by atoms with Crippen molar-refractivity contribution in [1.82, 2.24) is 4.90 Å². The van der Waals surface area contributed by atoms with Crippen LogP contribution in [0.2, 0.25) is 0 Å². The Balaban J connectivity index is 1.83. The highest BCUT2D eigenvalue weighted by molar-refractivity contribution is 5.97. The van der Waals surface area contributed by atoms with E-state index >= 15 is 0 Å². The predicted octanol–water partition coefficient (Wildman–Crippen LogP) is 2.69. The van der Waals surface area contributed by atoms with Crippen molar-refractivity contribution in [2.24, 2.45) is 0 Å². The molecule has 1 aliphatic rings. The van der Waals surface area contributed by atoms with Gasteiger partial charge in [-0.25, -0.2) is 0 Å². The topological polar surface area (TPSA) is 80.0 Å². The summed E-state index contributed by atoms with van der Waals surface area (Å²) in [5, 5.41) is 9.08. The number of carboxylic acids is 1. The van der Waals surface area contributed by atoms with Crippen LogP contribution in [0.15, 0.2) is 41.0 Å². The number of aliphatic carboxylic acids is 1. The van der Waals surface area contributed by atoms with Gasteiger partial charge in [0.1, 0.15) is 12.2 Å². The Labute approximate surface area is 152 Å². The average Bonchev–Trinajstić information content (AvgIpc) is 3.26. The summed E-state index contributed by atoms with van der Waals surface area (Å²) in [6.07, 6.45) is 2.66. The summed E-state index contributed by atoms with van der Waals surface area (Å²) in [7, 11) is 0. The van der Waals surface area contributed by atoms with Crippen molar-refractivity contribution in [1.29, 1.82) is 0 Å². The summed E-state index contributed by atoms with van der Waals surface area (Å²) in [5.41, 5.74) is 2.18. The van der Waals surface area contributed by atoms with E-state index in [-0.39, 0.29) is 24.1 Å². The highest BCUT2D eigenvalue weighted by Gasteiger charge is 2.31. The Hall–Kier alpha value is -2.60. The molecule has 0 radical (unpaired) electrons. The largest absolute Gasteiger partial charge is 0.481 e. The molecule has 6 nitrogen and oxygen atoms in total. The average molecular weight is 357 g/mol. The van der Waals surface area contributed by atoms with Crippen LogP contribution in [0.5, 0.6) is 0 Å². The summed E-state index contributed by atoms with van der Waals surface area (Å²) in [5.74, 6) is -0.990. The molecule has 0 saturated carbocycles. The first-order chi connectivity index (χ1) is 12.6. The summed E-state index contributed by atoms with van der Waals surface area (Å²) in [6.45, 7) is 3.45.